The fraction of sp³-hybridized carbons (Fsp3) is 0.353. The van der Waals surface area contributed by atoms with E-state index in [1.165, 1.54) is 24.5 Å². The van der Waals surface area contributed by atoms with Crippen molar-refractivity contribution in [3.05, 3.63) is 59.5 Å². The smallest absolute Gasteiger partial charge is 0.416 e. The zero-order chi connectivity index (χ0) is 17.3. The van der Waals surface area contributed by atoms with Gasteiger partial charge in [0, 0.05) is 5.92 Å². The minimum Gasteiger partial charge on any atom is -0.467 e. The zero-order valence-corrected chi connectivity index (χ0v) is 12.6. The maximum atomic E-state index is 13.1. The number of halogens is 3. The van der Waals surface area contributed by atoms with Crippen LogP contribution in [0.1, 0.15) is 35.3 Å². The van der Waals surface area contributed by atoms with Crippen LogP contribution < -0.4 is 5.32 Å². The number of aliphatic hydroxyl groups is 1. The number of nitrogens with one attached hydrogen (secondary N) is 1. The average molecular weight is 339 g/mol. The van der Waals surface area contributed by atoms with Crippen molar-refractivity contribution in [1.82, 2.24) is 5.32 Å². The maximum Gasteiger partial charge on any atom is 0.416 e. The van der Waals surface area contributed by atoms with E-state index in [0.717, 1.165) is 6.07 Å². The molecule has 128 valence electrons. The van der Waals surface area contributed by atoms with E-state index in [-0.39, 0.29) is 18.1 Å². The van der Waals surface area contributed by atoms with Crippen molar-refractivity contribution in [2.75, 3.05) is 6.61 Å². The second-order valence-corrected chi connectivity index (χ2v) is 5.79. The van der Waals surface area contributed by atoms with Crippen molar-refractivity contribution < 1.29 is 27.5 Å². The Balaban J connectivity index is 1.70. The second-order valence-electron chi connectivity index (χ2n) is 5.79. The van der Waals surface area contributed by atoms with E-state index in [1.807, 2.05) is 0 Å². The van der Waals surface area contributed by atoms with Crippen LogP contribution in [0.5, 0.6) is 0 Å². The van der Waals surface area contributed by atoms with Gasteiger partial charge in [0.15, 0.2) is 0 Å². The number of carbonyl (C=O) groups is 1. The molecule has 1 aliphatic rings. The highest BCUT2D eigenvalue weighted by Gasteiger charge is 2.48. The number of hydrogen-bond acceptors (Lipinski definition) is 3. The average Bonchev–Trinajstić information content (AvgIpc) is 3.17. The van der Waals surface area contributed by atoms with E-state index in [9.17, 15) is 23.1 Å². The molecule has 2 N–H and O–H groups in total. The summed E-state index contributed by atoms with van der Waals surface area (Å²) in [7, 11) is 0. The molecular formula is C17H16F3NO3. The summed E-state index contributed by atoms with van der Waals surface area (Å²) in [5, 5.41) is 12.0. The first-order valence-electron chi connectivity index (χ1n) is 7.52. The summed E-state index contributed by atoms with van der Waals surface area (Å²) in [6, 6.07) is 7.86. The molecule has 3 unspecified atom stereocenters. The van der Waals surface area contributed by atoms with Crippen molar-refractivity contribution in [2.24, 2.45) is 5.92 Å². The molecule has 0 bridgehead atoms. The number of amides is 1. The molecule has 0 spiro atoms. The van der Waals surface area contributed by atoms with Gasteiger partial charge < -0.3 is 14.8 Å². The number of aliphatic hydroxyl groups excluding tert-OH is 1. The third kappa shape index (κ3) is 3.31. The lowest BCUT2D eigenvalue weighted by Gasteiger charge is -2.15. The van der Waals surface area contributed by atoms with Gasteiger partial charge in [0.05, 0.1) is 18.4 Å². The minimum absolute atomic E-state index is 0.142. The molecule has 0 aliphatic heterocycles. The summed E-state index contributed by atoms with van der Waals surface area (Å²) in [6.07, 6.45) is -2.67. The van der Waals surface area contributed by atoms with Gasteiger partial charge in [-0.25, -0.2) is 0 Å². The van der Waals surface area contributed by atoms with Crippen LogP contribution in [0, 0.1) is 5.92 Å². The SMILES string of the molecule is O=C(NC(CO)c1ccco1)C1CC1c1ccccc1C(F)(F)F. The van der Waals surface area contributed by atoms with Crippen LogP contribution in [0.25, 0.3) is 0 Å². The number of hydrogen-bond donors (Lipinski definition) is 2. The summed E-state index contributed by atoms with van der Waals surface area (Å²) in [6.45, 7) is -0.351. The van der Waals surface area contributed by atoms with Crippen LogP contribution in [0.2, 0.25) is 0 Å². The molecule has 1 amide bonds. The van der Waals surface area contributed by atoms with E-state index < -0.39 is 29.6 Å². The van der Waals surface area contributed by atoms with E-state index in [4.69, 9.17) is 4.42 Å². The molecule has 3 rings (SSSR count). The van der Waals surface area contributed by atoms with Crippen LogP contribution in [-0.4, -0.2) is 17.6 Å². The zero-order valence-electron chi connectivity index (χ0n) is 12.6. The van der Waals surface area contributed by atoms with Crippen LogP contribution in [0.15, 0.2) is 47.1 Å². The first-order chi connectivity index (χ1) is 11.4. The van der Waals surface area contributed by atoms with E-state index in [0.29, 0.717) is 12.2 Å². The summed E-state index contributed by atoms with van der Waals surface area (Å²) in [5.74, 6) is -0.970. The fourth-order valence-corrected chi connectivity index (χ4v) is 2.88. The van der Waals surface area contributed by atoms with Crippen LogP contribution in [-0.2, 0) is 11.0 Å². The number of furan rings is 1. The molecule has 2 aromatic rings. The predicted octanol–water partition coefficient (Wildman–Crippen LogP) is 3.25. The minimum atomic E-state index is -4.44. The molecule has 1 fully saturated rings. The molecule has 4 nitrogen and oxygen atoms in total. The van der Waals surface area contributed by atoms with Crippen LogP contribution >= 0.6 is 0 Å². The molecule has 1 aromatic carbocycles. The van der Waals surface area contributed by atoms with Gasteiger partial charge in [-0.1, -0.05) is 18.2 Å². The van der Waals surface area contributed by atoms with Crippen molar-refractivity contribution in [3.8, 4) is 0 Å². The quantitative estimate of drug-likeness (QED) is 0.879. The van der Waals surface area contributed by atoms with Gasteiger partial charge in [-0.15, -0.1) is 0 Å². The molecule has 1 heterocycles. The fourth-order valence-electron chi connectivity index (χ4n) is 2.88. The lowest BCUT2D eigenvalue weighted by Crippen LogP contribution is -2.32. The molecular weight excluding hydrogens is 323 g/mol. The van der Waals surface area contributed by atoms with E-state index in [1.54, 1.807) is 12.1 Å². The molecule has 1 aromatic heterocycles. The number of carbonyl (C=O) groups excluding carboxylic acids is 1. The normalized spacial score (nSPS) is 21.3. The molecule has 0 radical (unpaired) electrons. The Labute approximate surface area is 136 Å². The van der Waals surface area contributed by atoms with Gasteiger partial charge in [0.25, 0.3) is 0 Å². The molecule has 7 heteroatoms. The highest BCUT2D eigenvalue weighted by molar-refractivity contribution is 5.83. The van der Waals surface area contributed by atoms with Gasteiger partial charge in [-0.3, -0.25) is 4.79 Å². The third-order valence-corrected chi connectivity index (χ3v) is 4.18. The van der Waals surface area contributed by atoms with E-state index in [2.05, 4.69) is 5.32 Å². The van der Waals surface area contributed by atoms with Crippen molar-refractivity contribution >= 4 is 5.91 Å². The lowest BCUT2D eigenvalue weighted by atomic mass is 10.0. The van der Waals surface area contributed by atoms with Crippen molar-refractivity contribution in [1.29, 1.82) is 0 Å². The van der Waals surface area contributed by atoms with Crippen molar-refractivity contribution in [2.45, 2.75) is 24.6 Å². The van der Waals surface area contributed by atoms with Crippen molar-refractivity contribution in [3.63, 3.8) is 0 Å². The Morgan fingerprint density at radius 1 is 1.29 bits per heavy atom. The van der Waals surface area contributed by atoms with Gasteiger partial charge in [-0.2, -0.15) is 13.2 Å². The number of alkyl halides is 3. The van der Waals surface area contributed by atoms with Gasteiger partial charge in [0.2, 0.25) is 5.91 Å². The number of benzene rings is 1. The summed E-state index contributed by atoms with van der Waals surface area (Å²) in [5.41, 5.74) is -0.557. The molecule has 24 heavy (non-hydrogen) atoms. The molecule has 3 atom stereocenters. The Morgan fingerprint density at radius 2 is 2.04 bits per heavy atom. The summed E-state index contributed by atoms with van der Waals surface area (Å²) in [4.78, 5) is 12.3. The standard InChI is InChI=1S/C17H16F3NO3/c18-17(19,20)13-5-2-1-4-10(13)11-8-12(11)16(23)21-14(9-22)15-6-3-7-24-15/h1-7,11-12,14,22H,8-9H2,(H,21,23). The number of rotatable bonds is 5. The Bertz CT molecular complexity index is 712. The van der Waals surface area contributed by atoms with Crippen LogP contribution in [0.3, 0.4) is 0 Å². The highest BCUT2D eigenvalue weighted by atomic mass is 19.4. The van der Waals surface area contributed by atoms with Gasteiger partial charge in [0.1, 0.15) is 11.8 Å². The first kappa shape index (κ1) is 16.6. The third-order valence-electron chi connectivity index (χ3n) is 4.18. The first-order valence-corrected chi connectivity index (χ1v) is 7.52. The van der Waals surface area contributed by atoms with Gasteiger partial charge in [-0.05, 0) is 36.1 Å². The van der Waals surface area contributed by atoms with Gasteiger partial charge >= 0.3 is 6.18 Å². The highest BCUT2D eigenvalue weighted by Crippen LogP contribution is 2.51. The Morgan fingerprint density at radius 3 is 2.67 bits per heavy atom. The van der Waals surface area contributed by atoms with E-state index >= 15 is 0 Å². The largest absolute Gasteiger partial charge is 0.467 e. The van der Waals surface area contributed by atoms with Crippen LogP contribution in [0.4, 0.5) is 13.2 Å². The topological polar surface area (TPSA) is 62.5 Å². The molecule has 1 aliphatic carbocycles. The predicted molar refractivity (Wildman–Crippen MR) is 79.0 cm³/mol. The second kappa shape index (κ2) is 6.32. The summed E-state index contributed by atoms with van der Waals surface area (Å²) < 4.78 is 44.3. The molecule has 1 saturated carbocycles. The Hall–Kier alpha value is -2.28. The monoisotopic (exact) mass is 339 g/mol. The summed E-state index contributed by atoms with van der Waals surface area (Å²) >= 11 is 0. The Kier molecular flexibility index (Phi) is 4.36. The maximum absolute atomic E-state index is 13.1. The molecule has 0 saturated heterocycles. The lowest BCUT2D eigenvalue weighted by molar-refractivity contribution is -0.138.